The van der Waals surface area contributed by atoms with Crippen LogP contribution in [0.15, 0.2) is 54.9 Å². The number of ether oxygens (including phenoxy) is 1. The number of thiophene rings is 1. The third-order valence-corrected chi connectivity index (χ3v) is 6.06. The monoisotopic (exact) mass is 452 g/mol. The molecule has 2 N–H and O–H groups in total. The van der Waals surface area contributed by atoms with Crippen LogP contribution < -0.4 is 15.4 Å². The molecule has 0 aliphatic heterocycles. The third kappa shape index (κ3) is 4.62. The van der Waals surface area contributed by atoms with Crippen molar-refractivity contribution in [1.29, 1.82) is 0 Å². The number of halogens is 1. The molecule has 31 heavy (non-hydrogen) atoms. The third-order valence-electron chi connectivity index (χ3n) is 4.81. The Kier molecular flexibility index (Phi) is 6.34. The van der Waals surface area contributed by atoms with Crippen LogP contribution in [-0.2, 0) is 4.79 Å². The highest BCUT2D eigenvalue weighted by Gasteiger charge is 2.17. The minimum absolute atomic E-state index is 0.150. The van der Waals surface area contributed by atoms with Gasteiger partial charge in [0, 0.05) is 28.4 Å². The van der Waals surface area contributed by atoms with E-state index in [-0.39, 0.29) is 12.3 Å². The average Bonchev–Trinajstić information content (AvgIpc) is 3.11. The maximum Gasteiger partial charge on any atom is 0.226 e. The van der Waals surface area contributed by atoms with Gasteiger partial charge in [-0.05, 0) is 30.7 Å². The number of aromatic nitrogens is 2. The predicted molar refractivity (Wildman–Crippen MR) is 127 cm³/mol. The normalized spacial score (nSPS) is 10.8. The van der Waals surface area contributed by atoms with Gasteiger partial charge in [0.05, 0.1) is 18.2 Å². The summed E-state index contributed by atoms with van der Waals surface area (Å²) in [5.74, 6) is 1.13. The minimum Gasteiger partial charge on any atom is -0.495 e. The molecule has 158 valence electrons. The SMILES string of the molecule is COc1ccc(Cl)cc1NC(=O)CCNc1ncnc2sc(C)c(-c3ccccc3)c12. The molecule has 0 radical (unpaired) electrons. The Balaban J connectivity index is 1.50. The lowest BCUT2D eigenvalue weighted by atomic mass is 10.0. The first kappa shape index (κ1) is 21.1. The van der Waals surface area contributed by atoms with E-state index >= 15 is 0 Å². The number of benzene rings is 2. The molecule has 1 amide bonds. The van der Waals surface area contributed by atoms with Crippen molar-refractivity contribution >= 4 is 50.6 Å². The number of anilines is 2. The lowest BCUT2D eigenvalue weighted by Gasteiger charge is -2.11. The Morgan fingerprint density at radius 1 is 1.16 bits per heavy atom. The molecule has 0 aliphatic rings. The Morgan fingerprint density at radius 3 is 2.74 bits per heavy atom. The molecule has 0 saturated carbocycles. The van der Waals surface area contributed by atoms with Crippen LogP contribution in [0.5, 0.6) is 5.75 Å². The van der Waals surface area contributed by atoms with E-state index in [1.54, 1.807) is 43.0 Å². The van der Waals surface area contributed by atoms with Crippen LogP contribution in [-0.4, -0.2) is 29.5 Å². The fraction of sp³-hybridized carbons (Fsp3) is 0.174. The van der Waals surface area contributed by atoms with Crippen LogP contribution in [0, 0.1) is 6.92 Å². The summed E-state index contributed by atoms with van der Waals surface area (Å²) in [5.41, 5.74) is 2.79. The Bertz CT molecular complexity index is 1230. The lowest BCUT2D eigenvalue weighted by Crippen LogP contribution is -2.17. The standard InChI is InChI=1S/C23H21ClN4O2S/c1-14-20(15-6-4-3-5-7-15)21-22(26-13-27-23(21)31-14)25-11-10-19(29)28-17-12-16(24)8-9-18(17)30-2/h3-9,12-13H,10-11H2,1-2H3,(H,28,29)(H,25,26,27). The van der Waals surface area contributed by atoms with Gasteiger partial charge in [-0.3, -0.25) is 4.79 Å². The summed E-state index contributed by atoms with van der Waals surface area (Å²) in [4.78, 5) is 23.4. The Hall–Kier alpha value is -3.16. The van der Waals surface area contributed by atoms with Crippen molar-refractivity contribution in [3.05, 3.63) is 64.8 Å². The van der Waals surface area contributed by atoms with Gasteiger partial charge >= 0.3 is 0 Å². The van der Waals surface area contributed by atoms with Crippen molar-refractivity contribution in [3.63, 3.8) is 0 Å². The van der Waals surface area contributed by atoms with Crippen molar-refractivity contribution in [2.24, 2.45) is 0 Å². The molecule has 2 heterocycles. The summed E-state index contributed by atoms with van der Waals surface area (Å²) in [6, 6.07) is 15.3. The number of carbonyl (C=O) groups excluding carboxylic acids is 1. The van der Waals surface area contributed by atoms with E-state index in [0.29, 0.717) is 23.0 Å². The van der Waals surface area contributed by atoms with Crippen molar-refractivity contribution in [1.82, 2.24) is 9.97 Å². The molecular weight excluding hydrogens is 432 g/mol. The highest BCUT2D eigenvalue weighted by Crippen LogP contribution is 2.40. The molecule has 0 fully saturated rings. The van der Waals surface area contributed by atoms with Crippen LogP contribution in [0.25, 0.3) is 21.3 Å². The van der Waals surface area contributed by atoms with Crippen LogP contribution >= 0.6 is 22.9 Å². The zero-order chi connectivity index (χ0) is 21.8. The van der Waals surface area contributed by atoms with Crippen molar-refractivity contribution in [3.8, 4) is 16.9 Å². The Labute approximate surface area is 189 Å². The number of nitrogens with one attached hydrogen (secondary N) is 2. The molecule has 6 nitrogen and oxygen atoms in total. The molecule has 4 rings (SSSR count). The van der Waals surface area contributed by atoms with Gasteiger partial charge < -0.3 is 15.4 Å². The molecule has 2 aromatic carbocycles. The van der Waals surface area contributed by atoms with Crippen molar-refractivity contribution < 1.29 is 9.53 Å². The fourth-order valence-corrected chi connectivity index (χ4v) is 4.60. The molecule has 8 heteroatoms. The van der Waals surface area contributed by atoms with Gasteiger partial charge in [0.15, 0.2) is 0 Å². The zero-order valence-electron chi connectivity index (χ0n) is 17.1. The average molecular weight is 453 g/mol. The second kappa shape index (κ2) is 9.32. The first-order chi connectivity index (χ1) is 15.1. The smallest absolute Gasteiger partial charge is 0.226 e. The molecule has 0 atom stereocenters. The maximum absolute atomic E-state index is 12.5. The molecule has 2 aromatic heterocycles. The molecule has 0 spiro atoms. The van der Waals surface area contributed by atoms with E-state index in [4.69, 9.17) is 16.3 Å². The molecule has 0 unspecified atom stereocenters. The second-order valence-electron chi connectivity index (χ2n) is 6.87. The first-order valence-corrected chi connectivity index (χ1v) is 10.9. The number of hydrogen-bond acceptors (Lipinski definition) is 6. The first-order valence-electron chi connectivity index (χ1n) is 9.73. The van der Waals surface area contributed by atoms with Crippen molar-refractivity contribution in [2.45, 2.75) is 13.3 Å². The lowest BCUT2D eigenvalue weighted by molar-refractivity contribution is -0.116. The quantitative estimate of drug-likeness (QED) is 0.372. The van der Waals surface area contributed by atoms with E-state index < -0.39 is 0 Å². The fourth-order valence-electron chi connectivity index (χ4n) is 3.42. The minimum atomic E-state index is -0.150. The van der Waals surface area contributed by atoms with E-state index in [1.807, 2.05) is 18.2 Å². The number of aryl methyl sites for hydroxylation is 1. The van der Waals surface area contributed by atoms with Gasteiger partial charge in [-0.1, -0.05) is 41.9 Å². The topological polar surface area (TPSA) is 76.1 Å². The van der Waals surface area contributed by atoms with Gasteiger partial charge in [-0.15, -0.1) is 11.3 Å². The summed E-state index contributed by atoms with van der Waals surface area (Å²) in [7, 11) is 1.55. The van der Waals surface area contributed by atoms with E-state index in [0.717, 1.165) is 27.2 Å². The number of rotatable bonds is 7. The number of amides is 1. The zero-order valence-corrected chi connectivity index (χ0v) is 18.7. The number of nitrogens with zero attached hydrogens (tertiary/aromatic N) is 2. The highest BCUT2D eigenvalue weighted by atomic mass is 35.5. The van der Waals surface area contributed by atoms with E-state index in [9.17, 15) is 4.79 Å². The number of methoxy groups -OCH3 is 1. The molecule has 0 saturated heterocycles. The largest absolute Gasteiger partial charge is 0.495 e. The molecular formula is C23H21ClN4O2S. The van der Waals surface area contributed by atoms with Gasteiger partial charge in [0.2, 0.25) is 5.91 Å². The van der Waals surface area contributed by atoms with Gasteiger partial charge in [0.25, 0.3) is 0 Å². The maximum atomic E-state index is 12.5. The van der Waals surface area contributed by atoms with Crippen LogP contribution in [0.2, 0.25) is 5.02 Å². The van der Waals surface area contributed by atoms with Gasteiger partial charge in [0.1, 0.15) is 22.7 Å². The summed E-state index contributed by atoms with van der Waals surface area (Å²) in [5, 5.41) is 7.66. The molecule has 0 aliphatic carbocycles. The summed E-state index contributed by atoms with van der Waals surface area (Å²) < 4.78 is 5.28. The van der Waals surface area contributed by atoms with Crippen LogP contribution in [0.3, 0.4) is 0 Å². The second-order valence-corrected chi connectivity index (χ2v) is 8.51. The van der Waals surface area contributed by atoms with E-state index in [1.165, 1.54) is 4.88 Å². The number of hydrogen-bond donors (Lipinski definition) is 2. The number of carbonyl (C=O) groups is 1. The van der Waals surface area contributed by atoms with Crippen LogP contribution in [0.4, 0.5) is 11.5 Å². The van der Waals surface area contributed by atoms with Gasteiger partial charge in [-0.2, -0.15) is 0 Å². The number of fused-ring (bicyclic) bond motifs is 1. The van der Waals surface area contributed by atoms with Crippen molar-refractivity contribution in [2.75, 3.05) is 24.3 Å². The highest BCUT2D eigenvalue weighted by molar-refractivity contribution is 7.19. The summed E-state index contributed by atoms with van der Waals surface area (Å²) >= 11 is 7.67. The van der Waals surface area contributed by atoms with E-state index in [2.05, 4.69) is 39.7 Å². The van der Waals surface area contributed by atoms with Crippen LogP contribution in [0.1, 0.15) is 11.3 Å². The summed E-state index contributed by atoms with van der Waals surface area (Å²) in [6.07, 6.45) is 1.80. The molecule has 0 bridgehead atoms. The van der Waals surface area contributed by atoms with Gasteiger partial charge in [-0.25, -0.2) is 9.97 Å². The predicted octanol–water partition coefficient (Wildman–Crippen LogP) is 5.77. The molecule has 4 aromatic rings. The Morgan fingerprint density at radius 2 is 1.97 bits per heavy atom. The summed E-state index contributed by atoms with van der Waals surface area (Å²) in [6.45, 7) is 2.51.